The Morgan fingerprint density at radius 1 is 0.895 bits per heavy atom. The van der Waals surface area contributed by atoms with Crippen LogP contribution in [-0.4, -0.2) is 44.5 Å². The van der Waals surface area contributed by atoms with Crippen LogP contribution in [0.15, 0.2) is 0 Å². The van der Waals surface area contributed by atoms with Crippen molar-refractivity contribution in [3.05, 3.63) is 15.6 Å². The molecular weight excluding hydrogens is 329 g/mol. The zero-order chi connectivity index (χ0) is 13.4. The molecule has 1 aliphatic heterocycles. The fraction of sp³-hybridized carbons (Fsp3) is 0.400. The molecule has 0 saturated carbocycles. The number of anilines is 1. The summed E-state index contributed by atoms with van der Waals surface area (Å²) in [4.78, 5) is 18.7. The van der Waals surface area contributed by atoms with Crippen molar-refractivity contribution in [2.45, 2.75) is 0 Å². The lowest BCUT2D eigenvalue weighted by molar-refractivity contribution is 0.839. The van der Waals surface area contributed by atoms with Gasteiger partial charge in [-0.25, -0.2) is 9.97 Å². The van der Waals surface area contributed by atoms with Crippen molar-refractivity contribution in [1.29, 1.82) is 0 Å². The highest BCUT2D eigenvalue weighted by Gasteiger charge is 2.19. The van der Waals surface area contributed by atoms with Gasteiger partial charge in [0.15, 0.2) is 27.3 Å². The van der Waals surface area contributed by atoms with Crippen LogP contribution in [0.3, 0.4) is 0 Å². The van der Waals surface area contributed by atoms with Gasteiger partial charge in [0.2, 0.25) is 5.28 Å². The van der Waals surface area contributed by atoms with Crippen molar-refractivity contribution in [3.63, 3.8) is 0 Å². The largest absolute Gasteiger partial charge is 0.353 e. The Labute approximate surface area is 128 Å². The molecule has 3 heterocycles. The van der Waals surface area contributed by atoms with E-state index >= 15 is 0 Å². The number of rotatable bonds is 1. The zero-order valence-electron chi connectivity index (χ0n) is 9.61. The maximum atomic E-state index is 5.94. The molecule has 2 aromatic heterocycles. The summed E-state index contributed by atoms with van der Waals surface area (Å²) in [6, 6.07) is 0. The minimum absolute atomic E-state index is 0.115. The van der Waals surface area contributed by atoms with Gasteiger partial charge in [-0.1, -0.05) is 23.2 Å². The maximum absolute atomic E-state index is 5.94. The highest BCUT2D eigenvalue weighted by atomic mass is 35.5. The minimum atomic E-state index is 0.115. The molecule has 0 aromatic carbocycles. The average Bonchev–Trinajstić information content (AvgIpc) is 2.41. The van der Waals surface area contributed by atoms with E-state index in [9.17, 15) is 0 Å². The molecule has 2 aromatic rings. The second kappa shape index (κ2) is 5.44. The number of aromatic nitrogens is 4. The van der Waals surface area contributed by atoms with E-state index in [1.165, 1.54) is 0 Å². The third-order valence-electron chi connectivity index (χ3n) is 2.71. The summed E-state index contributed by atoms with van der Waals surface area (Å²) < 4.78 is 0. The molecule has 19 heavy (non-hydrogen) atoms. The Morgan fingerprint density at radius 3 is 2.32 bits per heavy atom. The van der Waals surface area contributed by atoms with Gasteiger partial charge in [-0.15, -0.1) is 0 Å². The van der Waals surface area contributed by atoms with Gasteiger partial charge in [-0.2, -0.15) is 21.7 Å². The van der Waals surface area contributed by atoms with Crippen LogP contribution < -0.4 is 4.90 Å². The van der Waals surface area contributed by atoms with E-state index in [1.54, 1.807) is 0 Å². The second-order valence-corrected chi connectivity index (χ2v) is 6.17. The monoisotopic (exact) mass is 335 g/mol. The van der Waals surface area contributed by atoms with Crippen molar-refractivity contribution in [2.75, 3.05) is 29.5 Å². The highest BCUT2D eigenvalue weighted by molar-refractivity contribution is 7.99. The van der Waals surface area contributed by atoms with E-state index in [2.05, 4.69) is 24.8 Å². The van der Waals surface area contributed by atoms with Crippen LogP contribution in [0.4, 0.5) is 5.82 Å². The lowest BCUT2D eigenvalue weighted by atomic mass is 10.4. The number of fused-ring (bicyclic) bond motifs is 1. The third kappa shape index (κ3) is 2.67. The first kappa shape index (κ1) is 13.4. The molecule has 0 spiro atoms. The molecule has 0 atom stereocenters. The van der Waals surface area contributed by atoms with Crippen LogP contribution >= 0.6 is 46.6 Å². The molecule has 0 unspecified atom stereocenters. The summed E-state index contributed by atoms with van der Waals surface area (Å²) in [6.45, 7) is 1.77. The summed E-state index contributed by atoms with van der Waals surface area (Å²) in [5, 5.41) is 0.394. The van der Waals surface area contributed by atoms with Crippen molar-refractivity contribution < 1.29 is 0 Å². The van der Waals surface area contributed by atoms with Gasteiger partial charge in [-0.3, -0.25) is 0 Å². The standard InChI is InChI=1S/C10H8Cl3N5S/c11-6-7(12)15-8-5(14-6)9(17-10(13)16-8)18-1-3-19-4-2-18/h1-4H2. The number of nitrogens with zero attached hydrogens (tertiary/aromatic N) is 5. The predicted molar refractivity (Wildman–Crippen MR) is 79.7 cm³/mol. The lowest BCUT2D eigenvalue weighted by Crippen LogP contribution is -2.33. The smallest absolute Gasteiger partial charge is 0.226 e. The van der Waals surface area contributed by atoms with Gasteiger partial charge in [0, 0.05) is 24.6 Å². The molecule has 0 N–H and O–H groups in total. The molecule has 1 aliphatic rings. The second-order valence-electron chi connectivity index (χ2n) is 3.89. The predicted octanol–water partition coefficient (Wildman–Crippen LogP) is 2.93. The van der Waals surface area contributed by atoms with Crippen molar-refractivity contribution in [1.82, 2.24) is 19.9 Å². The van der Waals surface area contributed by atoms with Gasteiger partial charge < -0.3 is 4.90 Å². The fourth-order valence-corrected chi connectivity index (χ4v) is 3.17. The summed E-state index contributed by atoms with van der Waals surface area (Å²) in [5.74, 6) is 2.75. The van der Waals surface area contributed by atoms with E-state index in [1.807, 2.05) is 11.8 Å². The first-order valence-electron chi connectivity index (χ1n) is 5.54. The topological polar surface area (TPSA) is 54.8 Å². The highest BCUT2D eigenvalue weighted by Crippen LogP contribution is 2.28. The van der Waals surface area contributed by atoms with Crippen LogP contribution in [0.2, 0.25) is 15.6 Å². The minimum Gasteiger partial charge on any atom is -0.353 e. The molecule has 3 rings (SSSR count). The van der Waals surface area contributed by atoms with Crippen molar-refractivity contribution >= 4 is 63.5 Å². The lowest BCUT2D eigenvalue weighted by Gasteiger charge is -2.27. The maximum Gasteiger partial charge on any atom is 0.226 e. The third-order valence-corrected chi connectivity index (χ3v) is 4.45. The molecule has 0 aliphatic carbocycles. The van der Waals surface area contributed by atoms with E-state index in [0.717, 1.165) is 24.6 Å². The fourth-order valence-electron chi connectivity index (χ4n) is 1.86. The van der Waals surface area contributed by atoms with Gasteiger partial charge in [0.1, 0.15) is 0 Å². The van der Waals surface area contributed by atoms with E-state index in [-0.39, 0.29) is 15.6 Å². The average molecular weight is 337 g/mol. The Hall–Kier alpha value is -0.560. The SMILES string of the molecule is Clc1nc(N2CCSCC2)c2nc(Cl)c(Cl)nc2n1. The molecule has 9 heteroatoms. The Kier molecular flexibility index (Phi) is 3.84. The first-order chi connectivity index (χ1) is 9.15. The molecule has 0 radical (unpaired) electrons. The molecule has 0 bridgehead atoms. The number of hydrogen-bond acceptors (Lipinski definition) is 6. The number of thioether (sulfide) groups is 1. The summed E-state index contributed by atoms with van der Waals surface area (Å²) in [7, 11) is 0. The van der Waals surface area contributed by atoms with Crippen LogP contribution in [0.5, 0.6) is 0 Å². The van der Waals surface area contributed by atoms with Crippen molar-refractivity contribution in [2.24, 2.45) is 0 Å². The van der Waals surface area contributed by atoms with Gasteiger partial charge >= 0.3 is 0 Å². The molecule has 1 fully saturated rings. The zero-order valence-corrected chi connectivity index (χ0v) is 12.7. The summed E-state index contributed by atoms with van der Waals surface area (Å²) in [6.07, 6.45) is 0. The summed E-state index contributed by atoms with van der Waals surface area (Å²) in [5.41, 5.74) is 0.897. The first-order valence-corrected chi connectivity index (χ1v) is 7.83. The van der Waals surface area contributed by atoms with Crippen LogP contribution in [-0.2, 0) is 0 Å². The quantitative estimate of drug-likeness (QED) is 0.746. The van der Waals surface area contributed by atoms with Crippen LogP contribution in [0, 0.1) is 0 Å². The number of hydrogen-bond donors (Lipinski definition) is 0. The Bertz CT molecular complexity index is 632. The number of halogens is 3. The molecule has 5 nitrogen and oxygen atoms in total. The molecule has 1 saturated heterocycles. The van der Waals surface area contributed by atoms with Crippen molar-refractivity contribution in [3.8, 4) is 0 Å². The Balaban J connectivity index is 2.18. The molecular formula is C10H8Cl3N5S. The molecule has 0 amide bonds. The normalized spacial score (nSPS) is 16.1. The Morgan fingerprint density at radius 2 is 1.58 bits per heavy atom. The summed E-state index contributed by atoms with van der Waals surface area (Å²) >= 11 is 19.6. The van der Waals surface area contributed by atoms with Crippen LogP contribution in [0.1, 0.15) is 0 Å². The van der Waals surface area contributed by atoms with Gasteiger partial charge in [0.05, 0.1) is 0 Å². The van der Waals surface area contributed by atoms with Gasteiger partial charge in [0.25, 0.3) is 0 Å². The van der Waals surface area contributed by atoms with Crippen LogP contribution in [0.25, 0.3) is 11.2 Å². The van der Waals surface area contributed by atoms with E-state index in [0.29, 0.717) is 17.0 Å². The molecule has 100 valence electrons. The van der Waals surface area contributed by atoms with E-state index < -0.39 is 0 Å². The van der Waals surface area contributed by atoms with E-state index in [4.69, 9.17) is 34.8 Å². The van der Waals surface area contributed by atoms with Gasteiger partial charge in [-0.05, 0) is 11.6 Å².